The van der Waals surface area contributed by atoms with Gasteiger partial charge in [0, 0.05) is 36.6 Å². The van der Waals surface area contributed by atoms with Crippen LogP contribution in [0, 0.1) is 0 Å². The molecule has 1 fully saturated rings. The minimum Gasteiger partial charge on any atom is -0.530 e. The van der Waals surface area contributed by atoms with Gasteiger partial charge in [-0.05, 0) is 29.7 Å². The van der Waals surface area contributed by atoms with Crippen molar-refractivity contribution < 1.29 is 37.1 Å². The maximum absolute atomic E-state index is 14.0. The number of nitrogens with zero attached hydrogens (tertiary/aromatic N) is 3. The first-order chi connectivity index (χ1) is 15.0. The van der Waals surface area contributed by atoms with Gasteiger partial charge in [-0.25, -0.2) is 14.4 Å². The molecule has 0 saturated carbocycles. The number of nitrogens with two attached hydrogens (primary N) is 1. The van der Waals surface area contributed by atoms with Crippen LogP contribution < -0.4 is 16.2 Å². The molecule has 3 N–H and O–H groups in total. The van der Waals surface area contributed by atoms with E-state index in [9.17, 15) is 37.1 Å². The first-order valence-electron chi connectivity index (χ1n) is 9.20. The highest BCUT2D eigenvalue weighted by atomic mass is 19.4. The highest BCUT2D eigenvalue weighted by Crippen LogP contribution is 2.28. The molecule has 0 aliphatic carbocycles. The number of carbonyl (C=O) groups excluding carboxylic acids is 3. The molecule has 170 valence electrons. The maximum atomic E-state index is 14.0. The van der Waals surface area contributed by atoms with E-state index in [4.69, 9.17) is 5.73 Å². The Balaban J connectivity index is 1.83. The standard InChI is InChI=1S/C19H17F4N5O4/c20-13-3-4-28(18(31)32)14(13)16(30)25-6-10-5-9(1-2-12(10)15(24)29)11-7-26-17(27-8-11)19(21,22)23/h1-2,5,7-8,13-14H,3-4,6H2,(H2,24,29)(H,25,30)(H,31,32)/p-1/t13-,14-/m0/s1. The summed E-state index contributed by atoms with van der Waals surface area (Å²) in [5.74, 6) is -3.10. The molecule has 13 heteroatoms. The van der Waals surface area contributed by atoms with Crippen molar-refractivity contribution in [1.82, 2.24) is 20.2 Å². The van der Waals surface area contributed by atoms with Gasteiger partial charge in [0.05, 0.1) is 0 Å². The Bertz CT molecular complexity index is 1050. The van der Waals surface area contributed by atoms with Crippen LogP contribution in [0.4, 0.5) is 22.4 Å². The Morgan fingerprint density at radius 2 is 1.84 bits per heavy atom. The third-order valence-electron chi connectivity index (χ3n) is 4.89. The number of halogens is 4. The van der Waals surface area contributed by atoms with Gasteiger partial charge in [0.25, 0.3) is 0 Å². The van der Waals surface area contributed by atoms with Gasteiger partial charge in [0.2, 0.25) is 17.6 Å². The van der Waals surface area contributed by atoms with E-state index in [-0.39, 0.29) is 36.2 Å². The van der Waals surface area contributed by atoms with Gasteiger partial charge in [0.1, 0.15) is 18.3 Å². The molecular weight excluding hydrogens is 438 g/mol. The lowest BCUT2D eigenvalue weighted by molar-refractivity contribution is -0.266. The van der Waals surface area contributed by atoms with Gasteiger partial charge >= 0.3 is 6.18 Å². The summed E-state index contributed by atoms with van der Waals surface area (Å²) in [4.78, 5) is 42.3. The molecule has 32 heavy (non-hydrogen) atoms. The molecule has 2 atom stereocenters. The zero-order valence-corrected chi connectivity index (χ0v) is 16.2. The molecule has 1 aromatic carbocycles. The van der Waals surface area contributed by atoms with Crippen LogP contribution in [0.15, 0.2) is 30.6 Å². The van der Waals surface area contributed by atoms with Gasteiger partial charge < -0.3 is 25.9 Å². The van der Waals surface area contributed by atoms with E-state index in [0.717, 1.165) is 12.4 Å². The molecule has 9 nitrogen and oxygen atoms in total. The van der Waals surface area contributed by atoms with Crippen molar-refractivity contribution in [2.75, 3.05) is 6.54 Å². The molecular formula is C19H16F4N5O4-. The smallest absolute Gasteiger partial charge is 0.451 e. The number of benzene rings is 1. The van der Waals surface area contributed by atoms with Crippen molar-refractivity contribution in [3.05, 3.63) is 47.5 Å². The number of amides is 3. The molecule has 3 amide bonds. The van der Waals surface area contributed by atoms with E-state index < -0.39 is 42.1 Å². The average Bonchev–Trinajstić information content (AvgIpc) is 3.13. The zero-order chi connectivity index (χ0) is 23.6. The van der Waals surface area contributed by atoms with E-state index in [1.807, 2.05) is 0 Å². The number of primary amides is 1. The summed E-state index contributed by atoms with van der Waals surface area (Å²) >= 11 is 0. The van der Waals surface area contributed by atoms with Gasteiger partial charge in [-0.1, -0.05) is 6.07 Å². The lowest BCUT2D eigenvalue weighted by Crippen LogP contribution is -2.52. The second-order valence-electron chi connectivity index (χ2n) is 6.96. The molecule has 0 spiro atoms. The quantitative estimate of drug-likeness (QED) is 0.635. The molecule has 1 aliphatic heterocycles. The predicted molar refractivity (Wildman–Crippen MR) is 98.2 cm³/mol. The van der Waals surface area contributed by atoms with Gasteiger partial charge in [-0.2, -0.15) is 13.2 Å². The average molecular weight is 454 g/mol. The minimum atomic E-state index is -4.71. The van der Waals surface area contributed by atoms with Crippen molar-refractivity contribution in [3.63, 3.8) is 0 Å². The van der Waals surface area contributed by atoms with Crippen molar-refractivity contribution in [1.29, 1.82) is 0 Å². The van der Waals surface area contributed by atoms with Gasteiger partial charge in [-0.3, -0.25) is 9.59 Å². The Morgan fingerprint density at radius 1 is 1.19 bits per heavy atom. The lowest BCUT2D eigenvalue weighted by atomic mass is 10.00. The Hall–Kier alpha value is -3.77. The first kappa shape index (κ1) is 22.9. The van der Waals surface area contributed by atoms with Crippen LogP contribution in [-0.4, -0.2) is 51.5 Å². The molecule has 1 saturated heterocycles. The number of rotatable bonds is 5. The third kappa shape index (κ3) is 4.76. The number of carboxylic acid groups (broad SMARTS) is 1. The molecule has 1 aromatic heterocycles. The lowest BCUT2D eigenvalue weighted by Gasteiger charge is -2.26. The molecule has 2 aromatic rings. The zero-order valence-electron chi connectivity index (χ0n) is 16.2. The monoisotopic (exact) mass is 454 g/mol. The molecule has 0 unspecified atom stereocenters. The van der Waals surface area contributed by atoms with Crippen LogP contribution in [0.2, 0.25) is 0 Å². The normalized spacial score (nSPS) is 18.4. The summed E-state index contributed by atoms with van der Waals surface area (Å²) in [6.45, 7) is -0.520. The molecule has 2 heterocycles. The molecule has 1 aliphatic rings. The second kappa shape index (κ2) is 8.77. The second-order valence-corrected chi connectivity index (χ2v) is 6.96. The number of nitrogens with one attached hydrogen (secondary N) is 1. The number of aromatic nitrogens is 2. The van der Waals surface area contributed by atoms with E-state index in [1.165, 1.54) is 18.2 Å². The topological polar surface area (TPSA) is 141 Å². The number of likely N-dealkylation sites (tertiary alicyclic amines) is 1. The maximum Gasteiger partial charge on any atom is 0.451 e. The fourth-order valence-electron chi connectivity index (χ4n) is 3.34. The summed E-state index contributed by atoms with van der Waals surface area (Å²) in [5.41, 5.74) is 6.03. The largest absolute Gasteiger partial charge is 0.530 e. The van der Waals surface area contributed by atoms with Gasteiger partial charge in [0.15, 0.2) is 0 Å². The van der Waals surface area contributed by atoms with Crippen LogP contribution in [0.25, 0.3) is 11.1 Å². The summed E-state index contributed by atoms with van der Waals surface area (Å²) in [6.07, 6.45) is -6.39. The molecule has 0 bridgehead atoms. The predicted octanol–water partition coefficient (Wildman–Crippen LogP) is 0.633. The minimum absolute atomic E-state index is 0.00172. The summed E-state index contributed by atoms with van der Waals surface area (Å²) in [6, 6.07) is 2.50. The highest BCUT2D eigenvalue weighted by molar-refractivity contribution is 5.95. The van der Waals surface area contributed by atoms with Crippen LogP contribution in [-0.2, 0) is 17.5 Å². The van der Waals surface area contributed by atoms with Crippen LogP contribution >= 0.6 is 0 Å². The summed E-state index contributed by atoms with van der Waals surface area (Å²) < 4.78 is 52.0. The fraction of sp³-hybridized carbons (Fsp3) is 0.316. The fourth-order valence-corrected chi connectivity index (χ4v) is 3.34. The van der Waals surface area contributed by atoms with Crippen LogP contribution in [0.5, 0.6) is 0 Å². The van der Waals surface area contributed by atoms with Crippen LogP contribution in [0.1, 0.15) is 28.2 Å². The Kier molecular flexibility index (Phi) is 6.27. The number of carbonyl (C=O) groups is 3. The van der Waals surface area contributed by atoms with E-state index in [0.29, 0.717) is 10.5 Å². The van der Waals surface area contributed by atoms with Crippen molar-refractivity contribution in [2.45, 2.75) is 31.4 Å². The first-order valence-corrected chi connectivity index (χ1v) is 9.20. The van der Waals surface area contributed by atoms with E-state index in [1.54, 1.807) is 0 Å². The van der Waals surface area contributed by atoms with Crippen molar-refractivity contribution >= 4 is 17.9 Å². The number of hydrogen-bond donors (Lipinski definition) is 2. The van der Waals surface area contributed by atoms with Gasteiger partial charge in [-0.15, -0.1) is 0 Å². The number of alkyl halides is 4. The third-order valence-corrected chi connectivity index (χ3v) is 4.89. The summed E-state index contributed by atoms with van der Waals surface area (Å²) in [5, 5.41) is 13.5. The molecule has 0 radical (unpaired) electrons. The van der Waals surface area contributed by atoms with Crippen LogP contribution in [0.3, 0.4) is 0 Å². The molecule has 3 rings (SSSR count). The van der Waals surface area contributed by atoms with E-state index >= 15 is 0 Å². The highest BCUT2D eigenvalue weighted by Gasteiger charge is 2.39. The Morgan fingerprint density at radius 3 is 2.41 bits per heavy atom. The number of hydrogen-bond acceptors (Lipinski definition) is 6. The van der Waals surface area contributed by atoms with E-state index in [2.05, 4.69) is 15.3 Å². The summed E-state index contributed by atoms with van der Waals surface area (Å²) in [7, 11) is 0. The van der Waals surface area contributed by atoms with Crippen molar-refractivity contribution in [3.8, 4) is 11.1 Å². The van der Waals surface area contributed by atoms with Crippen molar-refractivity contribution in [2.24, 2.45) is 5.73 Å². The Labute approximate surface area is 178 Å². The SMILES string of the molecule is NC(=O)c1ccc(-c2cnc(C(F)(F)F)nc2)cc1CNC(=O)[C@@H]1[C@@H](F)CCN1C(=O)[O-].